The third-order valence-electron chi connectivity index (χ3n) is 6.27. The molecule has 0 aromatic heterocycles. The first-order valence-electron chi connectivity index (χ1n) is 10.1. The first kappa shape index (κ1) is 23.9. The molecule has 3 fully saturated rings. The largest absolute Gasteiger partial charge is 0.457 e. The standard InChI is InChI=1S/C19H26O12S/c1-26-16-11-10-7(28-15(11)24)3-6(5-27-19(25)32-2)9(10)17(30-16)31-18-14(23)13(22)12(21)8(4-20)29-18/h3,7-14,16-18,20-23H,4-5H2,1-2H3/t7-,8+,9+,10-,11+,12+,13-,14+,16-,17-,18-/m0/s1. The number of thioether (sulfide) groups is 1. The first-order chi connectivity index (χ1) is 15.3. The molecule has 3 heterocycles. The van der Waals surface area contributed by atoms with Gasteiger partial charge in [-0.3, -0.25) is 4.79 Å². The number of rotatable bonds is 6. The van der Waals surface area contributed by atoms with Gasteiger partial charge in [0.1, 0.15) is 43.0 Å². The highest BCUT2D eigenvalue weighted by Crippen LogP contribution is 2.52. The fraction of sp³-hybridized carbons (Fsp3) is 0.789. The first-order valence-corrected chi connectivity index (χ1v) is 11.3. The maximum absolute atomic E-state index is 12.4. The van der Waals surface area contributed by atoms with Crippen LogP contribution >= 0.6 is 11.8 Å². The van der Waals surface area contributed by atoms with Gasteiger partial charge in [-0.25, -0.2) is 4.79 Å². The van der Waals surface area contributed by atoms with Crippen molar-refractivity contribution in [2.75, 3.05) is 26.6 Å². The summed E-state index contributed by atoms with van der Waals surface area (Å²) >= 11 is 0.906. The van der Waals surface area contributed by atoms with Crippen molar-refractivity contribution in [2.45, 2.75) is 49.4 Å². The summed E-state index contributed by atoms with van der Waals surface area (Å²) in [5.74, 6) is -2.27. The average molecular weight is 478 g/mol. The number of methoxy groups -OCH3 is 1. The normalized spacial score (nSPS) is 45.2. The Kier molecular flexibility index (Phi) is 7.10. The zero-order chi connectivity index (χ0) is 23.2. The summed E-state index contributed by atoms with van der Waals surface area (Å²) in [7, 11) is 1.36. The van der Waals surface area contributed by atoms with E-state index in [1.807, 2.05) is 0 Å². The monoisotopic (exact) mass is 478 g/mol. The number of aliphatic hydroxyl groups excluding tert-OH is 4. The smallest absolute Gasteiger partial charge is 0.367 e. The van der Waals surface area contributed by atoms with E-state index in [4.69, 9.17) is 28.4 Å². The number of ether oxygens (including phenoxy) is 6. The molecule has 4 rings (SSSR count). The Labute approximate surface area is 187 Å². The van der Waals surface area contributed by atoms with Gasteiger partial charge in [-0.1, -0.05) is 0 Å². The van der Waals surface area contributed by atoms with Crippen molar-refractivity contribution in [2.24, 2.45) is 17.8 Å². The van der Waals surface area contributed by atoms with Gasteiger partial charge in [0.05, 0.1) is 6.61 Å². The van der Waals surface area contributed by atoms with Crippen molar-refractivity contribution in [1.82, 2.24) is 0 Å². The van der Waals surface area contributed by atoms with Crippen molar-refractivity contribution in [3.63, 3.8) is 0 Å². The van der Waals surface area contributed by atoms with E-state index >= 15 is 0 Å². The third kappa shape index (κ3) is 4.06. The Morgan fingerprint density at radius 2 is 1.84 bits per heavy atom. The molecule has 0 radical (unpaired) electrons. The molecule has 0 amide bonds. The van der Waals surface area contributed by atoms with Gasteiger partial charge in [-0.05, 0) is 29.7 Å². The summed E-state index contributed by atoms with van der Waals surface area (Å²) in [5.41, 5.74) is 0.601. The Morgan fingerprint density at radius 3 is 2.50 bits per heavy atom. The zero-order valence-corrected chi connectivity index (χ0v) is 18.1. The van der Waals surface area contributed by atoms with Crippen molar-refractivity contribution in [3.05, 3.63) is 11.6 Å². The highest BCUT2D eigenvalue weighted by molar-refractivity contribution is 8.12. The molecule has 11 atom stereocenters. The third-order valence-corrected chi connectivity index (χ3v) is 6.72. The fourth-order valence-corrected chi connectivity index (χ4v) is 4.90. The van der Waals surface area contributed by atoms with Gasteiger partial charge >= 0.3 is 11.3 Å². The molecule has 3 aliphatic heterocycles. The average Bonchev–Trinajstić information content (AvgIpc) is 3.31. The number of carbonyl (C=O) groups excluding carboxylic acids is 2. The molecule has 0 unspecified atom stereocenters. The molecule has 0 bridgehead atoms. The molecular formula is C19H26O12S. The minimum atomic E-state index is -1.64. The predicted molar refractivity (Wildman–Crippen MR) is 104 cm³/mol. The molecule has 4 N–H and O–H groups in total. The molecule has 12 nitrogen and oxygen atoms in total. The Balaban J connectivity index is 1.58. The fourth-order valence-electron chi connectivity index (χ4n) is 4.72. The second-order valence-corrected chi connectivity index (χ2v) is 8.70. The maximum Gasteiger partial charge on any atom is 0.367 e. The van der Waals surface area contributed by atoms with Gasteiger partial charge in [-0.2, -0.15) is 0 Å². The van der Waals surface area contributed by atoms with Crippen LogP contribution in [-0.2, 0) is 33.2 Å². The van der Waals surface area contributed by atoms with Gasteiger partial charge in [0, 0.05) is 18.9 Å². The van der Waals surface area contributed by atoms with Crippen LogP contribution in [0.3, 0.4) is 0 Å². The Hall–Kier alpha value is -1.29. The highest BCUT2D eigenvalue weighted by Gasteiger charge is 2.62. The lowest BCUT2D eigenvalue weighted by Gasteiger charge is -2.45. The lowest BCUT2D eigenvalue weighted by Crippen LogP contribution is -2.61. The van der Waals surface area contributed by atoms with Crippen molar-refractivity contribution in [3.8, 4) is 0 Å². The SMILES string of the molecule is CO[C@H]1O[C@@H](O[C@@H]2O[C@H](CO)[C@@H](O)[C@H](O)[C@H]2O)[C@@H]2C(COC(=O)SC)=C[C@@H]3OC(=O)[C@H]1[C@H]23. The molecular weight excluding hydrogens is 452 g/mol. The minimum Gasteiger partial charge on any atom is -0.457 e. The molecule has 180 valence electrons. The van der Waals surface area contributed by atoms with E-state index < -0.39 is 85.0 Å². The zero-order valence-electron chi connectivity index (χ0n) is 17.3. The molecule has 32 heavy (non-hydrogen) atoms. The van der Waals surface area contributed by atoms with E-state index in [2.05, 4.69) is 0 Å². The van der Waals surface area contributed by atoms with Gasteiger partial charge in [0.25, 0.3) is 0 Å². The lowest BCUT2D eigenvalue weighted by atomic mass is 9.78. The van der Waals surface area contributed by atoms with Crippen molar-refractivity contribution in [1.29, 1.82) is 0 Å². The summed E-state index contributed by atoms with van der Waals surface area (Å²) in [4.78, 5) is 24.0. The van der Waals surface area contributed by atoms with E-state index in [0.717, 1.165) is 11.8 Å². The van der Waals surface area contributed by atoms with Crippen LogP contribution in [-0.4, -0.2) is 108 Å². The topological polar surface area (TPSA) is 170 Å². The number of aliphatic hydroxyl groups is 4. The van der Waals surface area contributed by atoms with Gasteiger partial charge in [-0.15, -0.1) is 0 Å². The second-order valence-electron chi connectivity index (χ2n) is 7.96. The van der Waals surface area contributed by atoms with E-state index in [0.29, 0.717) is 5.57 Å². The maximum atomic E-state index is 12.4. The molecule has 0 aromatic carbocycles. The van der Waals surface area contributed by atoms with Crippen LogP contribution < -0.4 is 0 Å². The molecule has 0 aromatic rings. The summed E-state index contributed by atoms with van der Waals surface area (Å²) in [6.07, 6.45) is -6.93. The Bertz CT molecular complexity index is 759. The van der Waals surface area contributed by atoms with Crippen molar-refractivity contribution < 1.29 is 58.4 Å². The molecule has 1 aliphatic carbocycles. The van der Waals surface area contributed by atoms with Crippen molar-refractivity contribution >= 4 is 23.0 Å². The minimum absolute atomic E-state index is 0.0862. The van der Waals surface area contributed by atoms with Gasteiger partial charge in [0.2, 0.25) is 0 Å². The van der Waals surface area contributed by atoms with E-state index in [1.54, 1.807) is 12.3 Å². The lowest BCUT2D eigenvalue weighted by molar-refractivity contribution is -0.375. The van der Waals surface area contributed by atoms with E-state index in [9.17, 15) is 30.0 Å². The van der Waals surface area contributed by atoms with E-state index in [-0.39, 0.29) is 6.61 Å². The van der Waals surface area contributed by atoms with E-state index in [1.165, 1.54) is 7.11 Å². The second kappa shape index (κ2) is 9.52. The van der Waals surface area contributed by atoms with Crippen LogP contribution in [0.15, 0.2) is 11.6 Å². The number of hydrogen-bond acceptors (Lipinski definition) is 13. The van der Waals surface area contributed by atoms with Crippen LogP contribution in [0.5, 0.6) is 0 Å². The summed E-state index contributed by atoms with van der Waals surface area (Å²) in [6, 6.07) is 0. The van der Waals surface area contributed by atoms with Crippen LogP contribution in [0.1, 0.15) is 0 Å². The molecule has 3 saturated heterocycles. The quantitative estimate of drug-likeness (QED) is 0.253. The van der Waals surface area contributed by atoms with Crippen LogP contribution in [0, 0.1) is 17.8 Å². The molecule has 0 spiro atoms. The number of esters is 1. The van der Waals surface area contributed by atoms with Crippen LogP contribution in [0.25, 0.3) is 0 Å². The molecule has 13 heteroatoms. The highest BCUT2D eigenvalue weighted by atomic mass is 32.2. The molecule has 0 saturated carbocycles. The summed E-state index contributed by atoms with van der Waals surface area (Å²) in [6.45, 7) is -0.706. The summed E-state index contributed by atoms with van der Waals surface area (Å²) in [5, 5.41) is 39.3. The predicted octanol–water partition coefficient (Wildman–Crippen LogP) is -1.65. The van der Waals surface area contributed by atoms with Gasteiger partial charge < -0.3 is 48.8 Å². The van der Waals surface area contributed by atoms with Crippen LogP contribution in [0.2, 0.25) is 0 Å². The van der Waals surface area contributed by atoms with Gasteiger partial charge in [0.15, 0.2) is 18.9 Å². The summed E-state index contributed by atoms with van der Waals surface area (Å²) < 4.78 is 33.2. The number of hydrogen-bond donors (Lipinski definition) is 4. The Morgan fingerprint density at radius 1 is 1.09 bits per heavy atom. The number of carbonyl (C=O) groups is 2. The van der Waals surface area contributed by atoms with Crippen LogP contribution in [0.4, 0.5) is 4.79 Å². The molecule has 4 aliphatic rings.